The molecule has 0 aliphatic rings. The van der Waals surface area contributed by atoms with Crippen molar-refractivity contribution in [2.45, 2.75) is 26.3 Å². The molecule has 0 saturated heterocycles. The highest BCUT2D eigenvalue weighted by atomic mass is 16.4. The molecule has 1 amide bonds. The van der Waals surface area contributed by atoms with Gasteiger partial charge in [0.2, 0.25) is 0 Å². The lowest BCUT2D eigenvalue weighted by Gasteiger charge is -2.11. The Morgan fingerprint density at radius 3 is 2.50 bits per heavy atom. The molecule has 2 N–H and O–H groups in total. The van der Waals surface area contributed by atoms with Crippen molar-refractivity contribution >= 4 is 11.9 Å². The molecule has 0 saturated carbocycles. The first-order valence-corrected chi connectivity index (χ1v) is 6.89. The third-order valence-corrected chi connectivity index (χ3v) is 3.19. The maximum absolute atomic E-state index is 12.2. The van der Waals surface area contributed by atoms with Crippen LogP contribution < -0.4 is 5.32 Å². The quantitative estimate of drug-likeness (QED) is 0.883. The first-order valence-electron chi connectivity index (χ1n) is 6.89. The van der Waals surface area contributed by atoms with Crippen molar-refractivity contribution in [3.8, 4) is 0 Å². The van der Waals surface area contributed by atoms with Crippen molar-refractivity contribution in [2.24, 2.45) is 0 Å². The zero-order valence-corrected chi connectivity index (χ0v) is 12.4. The fraction of sp³-hybridized carbons (Fsp3) is 0.250. The van der Waals surface area contributed by atoms with E-state index >= 15 is 0 Å². The SMILES string of the molecule is CC(C)c1ncncc1C(=O)NCc1ccc(C(=O)O)cc1. The number of carboxylic acid groups (broad SMARTS) is 1. The van der Waals surface area contributed by atoms with E-state index in [0.29, 0.717) is 17.8 Å². The Morgan fingerprint density at radius 1 is 1.23 bits per heavy atom. The monoisotopic (exact) mass is 299 g/mol. The molecule has 22 heavy (non-hydrogen) atoms. The van der Waals surface area contributed by atoms with Crippen molar-refractivity contribution < 1.29 is 14.7 Å². The maximum Gasteiger partial charge on any atom is 0.335 e. The molecule has 0 fully saturated rings. The summed E-state index contributed by atoms with van der Waals surface area (Å²) in [6.45, 7) is 4.23. The molecule has 0 radical (unpaired) electrons. The summed E-state index contributed by atoms with van der Waals surface area (Å²) in [5, 5.41) is 11.6. The number of hydrogen-bond acceptors (Lipinski definition) is 4. The lowest BCUT2D eigenvalue weighted by Crippen LogP contribution is -2.25. The van der Waals surface area contributed by atoms with E-state index in [2.05, 4.69) is 15.3 Å². The molecule has 0 aliphatic heterocycles. The summed E-state index contributed by atoms with van der Waals surface area (Å²) in [4.78, 5) is 31.1. The van der Waals surface area contributed by atoms with E-state index < -0.39 is 5.97 Å². The molecule has 2 aromatic rings. The van der Waals surface area contributed by atoms with E-state index in [4.69, 9.17) is 5.11 Å². The van der Waals surface area contributed by atoms with E-state index in [-0.39, 0.29) is 17.4 Å². The summed E-state index contributed by atoms with van der Waals surface area (Å²) in [6, 6.07) is 6.37. The van der Waals surface area contributed by atoms with E-state index in [9.17, 15) is 9.59 Å². The van der Waals surface area contributed by atoms with Gasteiger partial charge in [-0.25, -0.2) is 14.8 Å². The normalized spacial score (nSPS) is 10.5. The standard InChI is InChI=1S/C16H17N3O3/c1-10(2)14-13(8-17-9-19-14)15(20)18-7-11-3-5-12(6-4-11)16(21)22/h3-6,8-10H,7H2,1-2H3,(H,18,20)(H,21,22). The van der Waals surface area contributed by atoms with Crippen LogP contribution in [-0.2, 0) is 6.54 Å². The predicted molar refractivity (Wildman–Crippen MR) is 80.7 cm³/mol. The Labute approximate surface area is 128 Å². The van der Waals surface area contributed by atoms with Crippen molar-refractivity contribution in [3.63, 3.8) is 0 Å². The molecule has 0 bridgehead atoms. The average molecular weight is 299 g/mol. The lowest BCUT2D eigenvalue weighted by atomic mass is 10.0. The third-order valence-electron chi connectivity index (χ3n) is 3.19. The van der Waals surface area contributed by atoms with Crippen LogP contribution in [0.1, 0.15) is 51.7 Å². The molecule has 0 unspecified atom stereocenters. The van der Waals surface area contributed by atoms with Crippen LogP contribution >= 0.6 is 0 Å². The minimum absolute atomic E-state index is 0.124. The van der Waals surface area contributed by atoms with Gasteiger partial charge < -0.3 is 10.4 Å². The Hall–Kier alpha value is -2.76. The van der Waals surface area contributed by atoms with Crippen LogP contribution in [0, 0.1) is 0 Å². The molecule has 6 nitrogen and oxygen atoms in total. The molecule has 1 heterocycles. The molecule has 0 spiro atoms. The van der Waals surface area contributed by atoms with Gasteiger partial charge in [0.15, 0.2) is 0 Å². The number of carbonyl (C=O) groups is 2. The number of hydrogen-bond donors (Lipinski definition) is 2. The molecule has 1 aromatic carbocycles. The number of benzene rings is 1. The molecular formula is C16H17N3O3. The number of nitrogens with zero attached hydrogens (tertiary/aromatic N) is 2. The fourth-order valence-corrected chi connectivity index (χ4v) is 2.02. The first kappa shape index (κ1) is 15.6. The topological polar surface area (TPSA) is 92.2 Å². The van der Waals surface area contributed by atoms with Crippen LogP contribution in [0.25, 0.3) is 0 Å². The van der Waals surface area contributed by atoms with Gasteiger partial charge in [-0.1, -0.05) is 26.0 Å². The minimum atomic E-state index is -0.974. The highest BCUT2D eigenvalue weighted by Gasteiger charge is 2.15. The van der Waals surface area contributed by atoms with Crippen molar-refractivity contribution in [1.82, 2.24) is 15.3 Å². The van der Waals surface area contributed by atoms with Crippen LogP contribution in [0.2, 0.25) is 0 Å². The molecule has 0 aliphatic carbocycles. The summed E-state index contributed by atoms with van der Waals surface area (Å²) >= 11 is 0. The molecular weight excluding hydrogens is 282 g/mol. The van der Waals surface area contributed by atoms with Crippen LogP contribution in [0.5, 0.6) is 0 Å². The third kappa shape index (κ3) is 3.66. The van der Waals surface area contributed by atoms with E-state index in [1.165, 1.54) is 24.7 Å². The fourth-order valence-electron chi connectivity index (χ4n) is 2.02. The first-order chi connectivity index (χ1) is 10.5. The highest BCUT2D eigenvalue weighted by molar-refractivity contribution is 5.95. The summed E-state index contributed by atoms with van der Waals surface area (Å²) in [5.41, 5.74) is 2.20. The Bertz CT molecular complexity index is 681. The maximum atomic E-state index is 12.2. The predicted octanol–water partition coefficient (Wildman–Crippen LogP) is 2.23. The number of amides is 1. The van der Waals surface area contributed by atoms with Gasteiger partial charge in [-0.05, 0) is 23.6 Å². The second-order valence-corrected chi connectivity index (χ2v) is 5.16. The van der Waals surface area contributed by atoms with Crippen LogP contribution in [0.3, 0.4) is 0 Å². The van der Waals surface area contributed by atoms with Crippen LogP contribution in [0.15, 0.2) is 36.8 Å². The summed E-state index contributed by atoms with van der Waals surface area (Å²) in [5.74, 6) is -1.09. The number of carbonyl (C=O) groups excluding carboxylic acids is 1. The Kier molecular flexibility index (Phi) is 4.83. The largest absolute Gasteiger partial charge is 0.478 e. The van der Waals surface area contributed by atoms with Gasteiger partial charge in [-0.3, -0.25) is 4.79 Å². The zero-order chi connectivity index (χ0) is 16.1. The van der Waals surface area contributed by atoms with E-state index in [1.54, 1.807) is 12.1 Å². The van der Waals surface area contributed by atoms with Crippen LogP contribution in [0.4, 0.5) is 0 Å². The second kappa shape index (κ2) is 6.80. The van der Waals surface area contributed by atoms with Crippen molar-refractivity contribution in [3.05, 3.63) is 59.2 Å². The summed E-state index contributed by atoms with van der Waals surface area (Å²) < 4.78 is 0. The second-order valence-electron chi connectivity index (χ2n) is 5.16. The highest BCUT2D eigenvalue weighted by Crippen LogP contribution is 2.15. The van der Waals surface area contributed by atoms with Gasteiger partial charge in [0.05, 0.1) is 16.8 Å². The van der Waals surface area contributed by atoms with Gasteiger partial charge in [0.1, 0.15) is 6.33 Å². The zero-order valence-electron chi connectivity index (χ0n) is 12.4. The Morgan fingerprint density at radius 2 is 1.91 bits per heavy atom. The molecule has 0 atom stereocenters. The summed E-state index contributed by atoms with van der Waals surface area (Å²) in [7, 11) is 0. The summed E-state index contributed by atoms with van der Waals surface area (Å²) in [6.07, 6.45) is 2.93. The van der Waals surface area contributed by atoms with Gasteiger partial charge in [-0.2, -0.15) is 0 Å². The van der Waals surface area contributed by atoms with Crippen molar-refractivity contribution in [2.75, 3.05) is 0 Å². The molecule has 1 aromatic heterocycles. The van der Waals surface area contributed by atoms with Gasteiger partial charge in [0, 0.05) is 12.7 Å². The number of carboxylic acids is 1. The van der Waals surface area contributed by atoms with Gasteiger partial charge in [0.25, 0.3) is 5.91 Å². The average Bonchev–Trinajstić information content (AvgIpc) is 2.53. The number of nitrogens with one attached hydrogen (secondary N) is 1. The van der Waals surface area contributed by atoms with Crippen molar-refractivity contribution in [1.29, 1.82) is 0 Å². The molecule has 114 valence electrons. The minimum Gasteiger partial charge on any atom is -0.478 e. The smallest absolute Gasteiger partial charge is 0.335 e. The Balaban J connectivity index is 2.05. The van der Waals surface area contributed by atoms with Gasteiger partial charge in [-0.15, -0.1) is 0 Å². The lowest BCUT2D eigenvalue weighted by molar-refractivity contribution is 0.0696. The number of aromatic nitrogens is 2. The van der Waals surface area contributed by atoms with E-state index in [0.717, 1.165) is 5.56 Å². The number of aromatic carboxylic acids is 1. The van der Waals surface area contributed by atoms with Crippen LogP contribution in [-0.4, -0.2) is 27.0 Å². The molecule has 6 heteroatoms. The van der Waals surface area contributed by atoms with Gasteiger partial charge >= 0.3 is 5.97 Å². The van der Waals surface area contributed by atoms with E-state index in [1.807, 2.05) is 13.8 Å². The molecule has 2 rings (SSSR count). The number of rotatable bonds is 5.